The van der Waals surface area contributed by atoms with Crippen LogP contribution in [0.5, 0.6) is 5.75 Å². The number of amides is 4. The smallest absolute Gasteiger partial charge is 0.418 e. The van der Waals surface area contributed by atoms with Gasteiger partial charge in [-0.3, -0.25) is 19.5 Å². The van der Waals surface area contributed by atoms with Gasteiger partial charge in [-0.1, -0.05) is 5.16 Å². The fourth-order valence-corrected chi connectivity index (χ4v) is 6.51. The zero-order chi connectivity index (χ0) is 47.1. The average Bonchev–Trinajstić information content (AvgIpc) is 3.80. The maximum atomic E-state index is 13.8. The van der Waals surface area contributed by atoms with E-state index in [-0.39, 0.29) is 10.8 Å². The Kier molecular flexibility index (Phi) is 15.6. The van der Waals surface area contributed by atoms with Gasteiger partial charge in [0.25, 0.3) is 17.9 Å². The molecule has 3 aromatic rings. The Labute approximate surface area is 368 Å². The second-order valence-corrected chi connectivity index (χ2v) is 19.4. The van der Waals surface area contributed by atoms with Crippen LogP contribution in [-0.2, 0) is 54.7 Å². The highest BCUT2D eigenvalue weighted by Gasteiger charge is 2.58. The van der Waals surface area contributed by atoms with Crippen LogP contribution in [-0.4, -0.2) is 116 Å². The largest absolute Gasteiger partial charge is 0.489 e. The standard InChI is InChI=1S/C39H54N8O14S2/c1-36(2,3)57-32(50)27(20-56-24-15-13-23(14-16-24)25-19-46(22-41-25)18-12-17-40-34(51)58-37(4,5)6)60-45-28(26-21-62-33(42-26)44-35(52)59-38(7,8)9)30(48)43-29-31(49)47(39(29,10)11)61-63(53,54)55/h13-16,19,21-22,27,29H,12,17-18,20H2,1-11H3,(H,40,51)(H,43,48)(H,42,44,52)(H,53,54,55)/b45-28-/t27-,29+/m0/s1. The second kappa shape index (κ2) is 19.7. The number of imidazole rings is 1. The van der Waals surface area contributed by atoms with Gasteiger partial charge in [-0.2, -0.15) is 13.5 Å². The number of hydroxylamine groups is 2. The molecule has 2 atom stereocenters. The van der Waals surface area contributed by atoms with E-state index in [9.17, 15) is 32.4 Å². The number of nitrogens with one attached hydrogen (secondary N) is 3. The molecule has 0 radical (unpaired) electrons. The number of carbonyl (C=O) groups excluding carboxylic acids is 5. The summed E-state index contributed by atoms with van der Waals surface area (Å²) < 4.78 is 60.0. The highest BCUT2D eigenvalue weighted by molar-refractivity contribution is 7.80. The van der Waals surface area contributed by atoms with Crippen LogP contribution in [0.1, 0.15) is 88.3 Å². The Bertz CT molecular complexity index is 2270. The van der Waals surface area contributed by atoms with Crippen LogP contribution in [0.3, 0.4) is 0 Å². The Morgan fingerprint density at radius 2 is 1.57 bits per heavy atom. The number of benzene rings is 1. The summed E-state index contributed by atoms with van der Waals surface area (Å²) in [6.07, 6.45) is 1.26. The molecule has 346 valence electrons. The maximum Gasteiger partial charge on any atom is 0.418 e. The molecule has 4 N–H and O–H groups in total. The van der Waals surface area contributed by atoms with Gasteiger partial charge < -0.3 is 39.0 Å². The lowest BCUT2D eigenvalue weighted by molar-refractivity contribution is -0.218. The van der Waals surface area contributed by atoms with Gasteiger partial charge in [0.05, 0.1) is 17.6 Å². The number of esters is 1. The minimum absolute atomic E-state index is 0.0117. The number of alkyl carbamates (subject to hydrolysis) is 1. The molecule has 1 fully saturated rings. The van der Waals surface area contributed by atoms with Crippen molar-refractivity contribution in [2.45, 2.75) is 124 Å². The normalized spacial score (nSPS) is 16.0. The molecule has 63 heavy (non-hydrogen) atoms. The fraction of sp³-hybridized carbons (Fsp3) is 0.538. The van der Waals surface area contributed by atoms with Gasteiger partial charge in [0.2, 0.25) is 0 Å². The topological polar surface area (TPSA) is 277 Å². The lowest BCUT2D eigenvalue weighted by Gasteiger charge is -2.50. The molecule has 1 aliphatic heterocycles. The molecule has 2 aromatic heterocycles. The highest BCUT2D eigenvalue weighted by Crippen LogP contribution is 2.33. The summed E-state index contributed by atoms with van der Waals surface area (Å²) in [5.41, 5.74) is -3.20. The third-order valence-corrected chi connectivity index (χ3v) is 9.17. The van der Waals surface area contributed by atoms with Crippen molar-refractivity contribution in [3.8, 4) is 17.0 Å². The first-order chi connectivity index (χ1) is 29.0. The van der Waals surface area contributed by atoms with E-state index in [1.165, 1.54) is 19.2 Å². The number of β-lactam (4-membered cyclic amide) rings is 1. The Balaban J connectivity index is 1.51. The van der Waals surface area contributed by atoms with Crippen molar-refractivity contribution in [1.29, 1.82) is 0 Å². The van der Waals surface area contributed by atoms with Crippen LogP contribution in [0, 0.1) is 0 Å². The third kappa shape index (κ3) is 15.5. The molecular weight excluding hydrogens is 869 g/mol. The van der Waals surface area contributed by atoms with Crippen LogP contribution in [0.4, 0.5) is 14.7 Å². The average molecular weight is 923 g/mol. The molecule has 0 unspecified atom stereocenters. The maximum absolute atomic E-state index is 13.8. The van der Waals surface area contributed by atoms with E-state index in [0.717, 1.165) is 16.9 Å². The van der Waals surface area contributed by atoms with E-state index in [1.807, 2.05) is 10.8 Å². The number of anilines is 1. The summed E-state index contributed by atoms with van der Waals surface area (Å²) in [5, 5.41) is 13.3. The van der Waals surface area contributed by atoms with Crippen molar-refractivity contribution in [1.82, 2.24) is 30.2 Å². The first-order valence-corrected chi connectivity index (χ1v) is 21.7. The van der Waals surface area contributed by atoms with E-state index in [4.69, 9.17) is 28.3 Å². The number of hydrogen-bond acceptors (Lipinski definition) is 17. The number of nitrogens with zero attached hydrogens (tertiary/aromatic N) is 5. The van der Waals surface area contributed by atoms with Crippen LogP contribution in [0.15, 0.2) is 47.3 Å². The van der Waals surface area contributed by atoms with Crippen LogP contribution < -0.4 is 20.7 Å². The lowest BCUT2D eigenvalue weighted by atomic mass is 9.84. The number of aromatic nitrogens is 3. The van der Waals surface area contributed by atoms with Crippen molar-refractivity contribution in [3.05, 3.63) is 47.9 Å². The summed E-state index contributed by atoms with van der Waals surface area (Å²) in [4.78, 5) is 78.8. The SMILES string of the molecule is CC(C)(C)OC(=O)NCCCn1cnc(-c2ccc(OC[C@H](O/N=C(\C(=O)N[C@@H]3C(=O)N(OS(=O)(=O)O)C3(C)C)c3csc(NC(=O)OC(C)(C)C)n3)C(=O)OC(C)(C)C)cc2)c1. The number of oxime groups is 1. The minimum atomic E-state index is -5.08. The fourth-order valence-electron chi connectivity index (χ4n) is 5.37. The molecule has 1 aromatic carbocycles. The predicted octanol–water partition coefficient (Wildman–Crippen LogP) is 4.62. The predicted molar refractivity (Wildman–Crippen MR) is 227 cm³/mol. The first kappa shape index (κ1) is 49.8. The van der Waals surface area contributed by atoms with Gasteiger partial charge >= 0.3 is 28.6 Å². The zero-order valence-corrected chi connectivity index (χ0v) is 38.5. The Morgan fingerprint density at radius 1 is 0.952 bits per heavy atom. The lowest BCUT2D eigenvalue weighted by Crippen LogP contribution is -2.76. The van der Waals surface area contributed by atoms with Gasteiger partial charge in [0, 0.05) is 30.2 Å². The summed E-state index contributed by atoms with van der Waals surface area (Å²) in [6, 6.07) is 5.41. The molecule has 0 saturated carbocycles. The molecular formula is C39H54N8O14S2. The van der Waals surface area contributed by atoms with Crippen molar-refractivity contribution in [2.75, 3.05) is 18.5 Å². The third-order valence-electron chi connectivity index (χ3n) is 8.08. The van der Waals surface area contributed by atoms with Crippen LogP contribution >= 0.6 is 11.3 Å². The summed E-state index contributed by atoms with van der Waals surface area (Å²) in [5.74, 6) is -2.68. The number of thiazole rings is 1. The minimum Gasteiger partial charge on any atom is -0.489 e. The van der Waals surface area contributed by atoms with Crippen molar-refractivity contribution >= 4 is 62.5 Å². The number of rotatable bonds is 17. The van der Waals surface area contributed by atoms with Crippen molar-refractivity contribution < 1.29 is 65.0 Å². The van der Waals surface area contributed by atoms with E-state index in [1.54, 1.807) is 92.9 Å². The van der Waals surface area contributed by atoms with Gasteiger partial charge in [-0.25, -0.2) is 24.4 Å². The van der Waals surface area contributed by atoms with E-state index >= 15 is 0 Å². The second-order valence-electron chi connectivity index (χ2n) is 17.5. The van der Waals surface area contributed by atoms with Crippen molar-refractivity contribution in [2.24, 2.45) is 5.16 Å². The Hall–Kier alpha value is -5.85. The van der Waals surface area contributed by atoms with Crippen molar-refractivity contribution in [3.63, 3.8) is 0 Å². The molecule has 0 aliphatic carbocycles. The molecule has 1 saturated heterocycles. The summed E-state index contributed by atoms with van der Waals surface area (Å²) in [7, 11) is -5.08. The zero-order valence-electron chi connectivity index (χ0n) is 36.8. The highest BCUT2D eigenvalue weighted by atomic mass is 32.3. The van der Waals surface area contributed by atoms with E-state index in [0.29, 0.717) is 36.0 Å². The first-order valence-electron chi connectivity index (χ1n) is 19.5. The summed E-state index contributed by atoms with van der Waals surface area (Å²) >= 11 is 0.889. The van der Waals surface area contributed by atoms with Crippen LogP contribution in [0.2, 0.25) is 0 Å². The molecule has 3 heterocycles. The number of carbonyl (C=O) groups is 5. The molecule has 22 nitrogen and oxygen atoms in total. The number of hydrogen-bond donors (Lipinski definition) is 4. The van der Waals surface area contributed by atoms with Gasteiger partial charge in [0.15, 0.2) is 10.8 Å². The molecule has 0 spiro atoms. The molecule has 0 bridgehead atoms. The monoisotopic (exact) mass is 922 g/mol. The quantitative estimate of drug-likeness (QED) is 0.0273. The molecule has 1 aliphatic rings. The number of ether oxygens (including phenoxy) is 4. The number of aryl methyl sites for hydroxylation is 1. The van der Waals surface area contributed by atoms with E-state index < -0.39 is 87.2 Å². The summed E-state index contributed by atoms with van der Waals surface area (Å²) in [6.45, 7) is 18.5. The van der Waals surface area contributed by atoms with Gasteiger partial charge in [-0.05, 0) is 107 Å². The van der Waals surface area contributed by atoms with Gasteiger partial charge in [0.1, 0.15) is 40.9 Å². The molecule has 4 amide bonds. The Morgan fingerprint density at radius 3 is 2.16 bits per heavy atom. The molecule has 24 heteroatoms. The van der Waals surface area contributed by atoms with Gasteiger partial charge in [-0.15, -0.1) is 15.6 Å². The van der Waals surface area contributed by atoms with Crippen LogP contribution in [0.25, 0.3) is 11.3 Å². The van der Waals surface area contributed by atoms with E-state index in [2.05, 4.69) is 35.4 Å². The molecule has 4 rings (SSSR count).